The van der Waals surface area contributed by atoms with Crippen LogP contribution in [0.1, 0.15) is 9.67 Å². The van der Waals surface area contributed by atoms with E-state index < -0.39 is 5.97 Å². The molecule has 128 valence electrons. The van der Waals surface area contributed by atoms with Crippen LogP contribution in [-0.2, 0) is 4.79 Å². The fourth-order valence-corrected chi connectivity index (χ4v) is 4.54. The number of anilines is 1. The highest BCUT2D eigenvalue weighted by Crippen LogP contribution is 2.40. The molecule has 4 nitrogen and oxygen atoms in total. The molecule has 3 aromatic rings. The van der Waals surface area contributed by atoms with Crippen molar-refractivity contribution in [3.05, 3.63) is 56.8 Å². The van der Waals surface area contributed by atoms with Gasteiger partial charge in [0.1, 0.15) is 4.88 Å². The predicted octanol–water partition coefficient (Wildman–Crippen LogP) is 5.75. The van der Waals surface area contributed by atoms with E-state index in [0.29, 0.717) is 10.4 Å². The molecule has 0 saturated heterocycles. The van der Waals surface area contributed by atoms with Gasteiger partial charge in [0, 0.05) is 19.5 Å². The summed E-state index contributed by atoms with van der Waals surface area (Å²) >= 11 is 12.0. The van der Waals surface area contributed by atoms with Gasteiger partial charge in [0.2, 0.25) is 5.91 Å². The highest BCUT2D eigenvalue weighted by molar-refractivity contribution is 9.10. The molecule has 1 heterocycles. The summed E-state index contributed by atoms with van der Waals surface area (Å²) in [6.45, 7) is 0. The van der Waals surface area contributed by atoms with E-state index in [9.17, 15) is 14.7 Å². The smallest absolute Gasteiger partial charge is 0.348 e. The summed E-state index contributed by atoms with van der Waals surface area (Å²) in [6.07, 6.45) is 0. The molecule has 0 atom stereocenters. The quantitative estimate of drug-likeness (QED) is 0.480. The Morgan fingerprint density at radius 2 is 1.92 bits per heavy atom. The number of carboxylic acids is 1. The van der Waals surface area contributed by atoms with Crippen LogP contribution in [0.5, 0.6) is 0 Å². The summed E-state index contributed by atoms with van der Waals surface area (Å²) in [5.41, 5.74) is 0.263. The van der Waals surface area contributed by atoms with Gasteiger partial charge in [0.15, 0.2) is 0 Å². The van der Waals surface area contributed by atoms with Crippen molar-refractivity contribution in [1.29, 1.82) is 0 Å². The lowest BCUT2D eigenvalue weighted by Gasteiger charge is -2.07. The first-order chi connectivity index (χ1) is 12.0. The van der Waals surface area contributed by atoms with Crippen molar-refractivity contribution in [3.8, 4) is 0 Å². The maximum absolute atomic E-state index is 12.3. The normalized spacial score (nSPS) is 10.8. The van der Waals surface area contributed by atoms with Gasteiger partial charge in [-0.2, -0.15) is 0 Å². The van der Waals surface area contributed by atoms with E-state index in [0.717, 1.165) is 25.4 Å². The van der Waals surface area contributed by atoms with E-state index in [4.69, 9.17) is 11.6 Å². The number of halogens is 2. The minimum atomic E-state index is -1.09. The molecule has 0 bridgehead atoms. The van der Waals surface area contributed by atoms with Crippen LogP contribution < -0.4 is 5.32 Å². The van der Waals surface area contributed by atoms with E-state index in [-0.39, 0.29) is 22.2 Å². The molecule has 1 amide bonds. The van der Waals surface area contributed by atoms with Crippen molar-refractivity contribution in [1.82, 2.24) is 0 Å². The molecule has 0 unspecified atom stereocenters. The number of carboxylic acid groups (broad SMARTS) is 1. The monoisotopic (exact) mass is 455 g/mol. The number of rotatable bonds is 5. The minimum Gasteiger partial charge on any atom is -0.477 e. The minimum absolute atomic E-state index is 0.0742. The highest BCUT2D eigenvalue weighted by Gasteiger charge is 2.21. The largest absolute Gasteiger partial charge is 0.477 e. The number of carbonyl (C=O) groups is 2. The Morgan fingerprint density at radius 1 is 1.20 bits per heavy atom. The number of benzene rings is 2. The fourth-order valence-electron chi connectivity index (χ4n) is 2.23. The first-order valence-corrected chi connectivity index (χ1v) is 10.1. The third-order valence-electron chi connectivity index (χ3n) is 3.31. The number of fused-ring (bicyclic) bond motifs is 1. The standard InChI is InChI=1S/C17H11BrClNO3S2/c18-9-4-6-10(7-5-9)24-8-13(21)20-15-14-11(19)2-1-3-12(14)25-16(15)17(22)23/h1-7H,8H2,(H,20,21)(H,22,23). The van der Waals surface area contributed by atoms with Gasteiger partial charge in [-0.05, 0) is 36.4 Å². The summed E-state index contributed by atoms with van der Waals surface area (Å²) in [6, 6.07) is 12.8. The molecular formula is C17H11BrClNO3S2. The van der Waals surface area contributed by atoms with Crippen LogP contribution in [-0.4, -0.2) is 22.7 Å². The van der Waals surface area contributed by atoms with E-state index >= 15 is 0 Å². The SMILES string of the molecule is O=C(CSc1ccc(Br)cc1)Nc1c(C(=O)O)sc2cccc(Cl)c12. The van der Waals surface area contributed by atoms with E-state index in [1.807, 2.05) is 24.3 Å². The zero-order valence-electron chi connectivity index (χ0n) is 12.6. The number of thiophene rings is 1. The van der Waals surface area contributed by atoms with Gasteiger partial charge in [-0.1, -0.05) is 33.6 Å². The third-order valence-corrected chi connectivity index (χ3v) is 6.31. The van der Waals surface area contributed by atoms with Gasteiger partial charge in [0.25, 0.3) is 0 Å². The fraction of sp³-hybridized carbons (Fsp3) is 0.0588. The number of amides is 1. The molecule has 3 rings (SSSR count). The molecule has 0 aliphatic heterocycles. The highest BCUT2D eigenvalue weighted by atomic mass is 79.9. The summed E-state index contributed by atoms with van der Waals surface area (Å²) in [5, 5.41) is 13.1. The molecule has 1 aromatic heterocycles. The molecule has 0 saturated carbocycles. The topological polar surface area (TPSA) is 66.4 Å². The Bertz CT molecular complexity index is 956. The van der Waals surface area contributed by atoms with Crippen LogP contribution in [0, 0.1) is 0 Å². The van der Waals surface area contributed by atoms with Gasteiger partial charge < -0.3 is 10.4 Å². The number of aromatic carboxylic acids is 1. The molecule has 2 aromatic carbocycles. The molecule has 0 spiro atoms. The van der Waals surface area contributed by atoms with Crippen LogP contribution in [0.15, 0.2) is 51.8 Å². The second-order valence-electron chi connectivity index (χ2n) is 5.02. The second kappa shape index (κ2) is 7.78. The summed E-state index contributed by atoms with van der Waals surface area (Å²) in [5.74, 6) is -1.20. The average Bonchev–Trinajstić information content (AvgIpc) is 2.94. The first kappa shape index (κ1) is 18.3. The molecule has 0 aliphatic carbocycles. The van der Waals surface area contributed by atoms with E-state index in [1.165, 1.54) is 11.8 Å². The van der Waals surface area contributed by atoms with Crippen molar-refractivity contribution in [3.63, 3.8) is 0 Å². The molecule has 25 heavy (non-hydrogen) atoms. The Balaban J connectivity index is 1.81. The second-order valence-corrected chi connectivity index (χ2v) is 8.44. The van der Waals surface area contributed by atoms with Gasteiger partial charge in [-0.3, -0.25) is 4.79 Å². The molecule has 0 fully saturated rings. The average molecular weight is 457 g/mol. The number of nitrogens with one attached hydrogen (secondary N) is 1. The number of hydrogen-bond acceptors (Lipinski definition) is 4. The zero-order chi connectivity index (χ0) is 18.0. The maximum Gasteiger partial charge on any atom is 0.348 e. The van der Waals surface area contributed by atoms with Crippen LogP contribution >= 0.6 is 50.6 Å². The van der Waals surface area contributed by atoms with Gasteiger partial charge in [0.05, 0.1) is 16.5 Å². The Labute approximate surface area is 165 Å². The lowest BCUT2D eigenvalue weighted by molar-refractivity contribution is -0.113. The van der Waals surface area contributed by atoms with Crippen LogP contribution in [0.3, 0.4) is 0 Å². The van der Waals surface area contributed by atoms with Crippen LogP contribution in [0.2, 0.25) is 5.02 Å². The number of carbonyl (C=O) groups excluding carboxylic acids is 1. The third kappa shape index (κ3) is 4.17. The molecule has 0 aliphatic rings. The van der Waals surface area contributed by atoms with Crippen molar-refractivity contribution >= 4 is 78.3 Å². The van der Waals surface area contributed by atoms with Gasteiger partial charge in [-0.25, -0.2) is 4.79 Å². The Hall–Kier alpha value is -1.54. The predicted molar refractivity (Wildman–Crippen MR) is 107 cm³/mol. The molecule has 8 heteroatoms. The van der Waals surface area contributed by atoms with Gasteiger partial charge >= 0.3 is 5.97 Å². The summed E-state index contributed by atoms with van der Waals surface area (Å²) in [7, 11) is 0. The molecule has 0 radical (unpaired) electrons. The van der Waals surface area contributed by atoms with Crippen molar-refractivity contribution < 1.29 is 14.7 Å². The van der Waals surface area contributed by atoms with Crippen molar-refractivity contribution in [2.75, 3.05) is 11.1 Å². The molecule has 2 N–H and O–H groups in total. The summed E-state index contributed by atoms with van der Waals surface area (Å²) in [4.78, 5) is 24.8. The molecular weight excluding hydrogens is 446 g/mol. The van der Waals surface area contributed by atoms with E-state index in [1.54, 1.807) is 18.2 Å². The van der Waals surface area contributed by atoms with Crippen LogP contribution in [0.25, 0.3) is 10.1 Å². The maximum atomic E-state index is 12.3. The Morgan fingerprint density at radius 3 is 2.60 bits per heavy atom. The lowest BCUT2D eigenvalue weighted by atomic mass is 10.2. The Kier molecular flexibility index (Phi) is 5.68. The summed E-state index contributed by atoms with van der Waals surface area (Å²) < 4.78 is 1.69. The zero-order valence-corrected chi connectivity index (χ0v) is 16.6. The van der Waals surface area contributed by atoms with Crippen LogP contribution in [0.4, 0.5) is 5.69 Å². The lowest BCUT2D eigenvalue weighted by Crippen LogP contribution is -2.15. The first-order valence-electron chi connectivity index (χ1n) is 7.08. The van der Waals surface area contributed by atoms with Crippen molar-refractivity contribution in [2.45, 2.75) is 4.90 Å². The van der Waals surface area contributed by atoms with Crippen molar-refractivity contribution in [2.24, 2.45) is 0 Å². The number of thioether (sulfide) groups is 1. The number of hydrogen-bond donors (Lipinski definition) is 2. The van der Waals surface area contributed by atoms with Gasteiger partial charge in [-0.15, -0.1) is 23.1 Å². The van der Waals surface area contributed by atoms with E-state index in [2.05, 4.69) is 21.2 Å².